The monoisotopic (exact) mass is 333 g/mol. The van der Waals surface area contributed by atoms with E-state index in [1.807, 2.05) is 6.92 Å². The van der Waals surface area contributed by atoms with Crippen LogP contribution in [0.3, 0.4) is 0 Å². The van der Waals surface area contributed by atoms with E-state index in [0.717, 1.165) is 0 Å². The fourth-order valence-corrected chi connectivity index (χ4v) is 2.36. The van der Waals surface area contributed by atoms with Crippen LogP contribution in [-0.2, 0) is 4.79 Å². The molecule has 1 atom stereocenters. The van der Waals surface area contributed by atoms with Gasteiger partial charge in [0.15, 0.2) is 5.82 Å². The number of carbonyl (C=O) groups excluding carboxylic acids is 1. The van der Waals surface area contributed by atoms with Crippen molar-refractivity contribution >= 4 is 11.9 Å². The number of hydrogen-bond acceptors (Lipinski definition) is 5. The van der Waals surface area contributed by atoms with Crippen LogP contribution in [0.1, 0.15) is 42.7 Å². The third-order valence-corrected chi connectivity index (χ3v) is 3.75. The molecule has 2 aromatic heterocycles. The number of carboxylic acids is 1. The van der Waals surface area contributed by atoms with Crippen LogP contribution in [0.25, 0.3) is 5.82 Å². The number of amides is 1. The molecule has 2 aromatic rings. The number of aromatic nitrogens is 4. The normalized spacial score (nSPS) is 13.3. The Morgan fingerprint density at radius 3 is 2.67 bits per heavy atom. The molecule has 3 N–H and O–H groups in total. The number of nitrogens with zero attached hydrogens (tertiary/aromatic N) is 3. The Morgan fingerprint density at radius 2 is 2.12 bits per heavy atom. The fraction of sp³-hybridized carbons (Fsp3) is 0.400. The van der Waals surface area contributed by atoms with E-state index < -0.39 is 17.4 Å². The average molecular weight is 333 g/mol. The predicted octanol–water partition coefficient (Wildman–Crippen LogP) is 0.637. The summed E-state index contributed by atoms with van der Waals surface area (Å²) in [4.78, 5) is 35.0. The second kappa shape index (κ2) is 6.65. The minimum Gasteiger partial charge on any atom is -0.480 e. The van der Waals surface area contributed by atoms with E-state index in [1.54, 1.807) is 6.92 Å². The zero-order chi connectivity index (χ0) is 17.9. The Bertz CT molecular complexity index is 805. The van der Waals surface area contributed by atoms with Crippen molar-refractivity contribution in [1.29, 1.82) is 0 Å². The number of rotatable bonds is 6. The summed E-state index contributed by atoms with van der Waals surface area (Å²) in [6, 6.07) is 2.77. The highest BCUT2D eigenvalue weighted by Gasteiger charge is 2.34. The molecule has 9 nitrogen and oxygen atoms in total. The Morgan fingerprint density at radius 1 is 1.42 bits per heavy atom. The fourth-order valence-electron chi connectivity index (χ4n) is 2.36. The minimum atomic E-state index is -1.35. The molecule has 1 amide bonds. The molecule has 9 heteroatoms. The van der Waals surface area contributed by atoms with Gasteiger partial charge < -0.3 is 10.4 Å². The lowest BCUT2D eigenvalue weighted by Gasteiger charge is -2.25. The van der Waals surface area contributed by atoms with Crippen LogP contribution in [-0.4, -0.2) is 42.5 Å². The van der Waals surface area contributed by atoms with Gasteiger partial charge in [0, 0.05) is 6.07 Å². The first kappa shape index (κ1) is 17.4. The Hall–Kier alpha value is -2.97. The van der Waals surface area contributed by atoms with Gasteiger partial charge in [0.05, 0.1) is 17.5 Å². The topological polar surface area (TPSA) is 130 Å². The van der Waals surface area contributed by atoms with E-state index in [-0.39, 0.29) is 11.1 Å². The highest BCUT2D eigenvalue weighted by atomic mass is 16.4. The lowest BCUT2D eigenvalue weighted by molar-refractivity contribution is -0.144. The van der Waals surface area contributed by atoms with E-state index in [4.69, 9.17) is 0 Å². The van der Waals surface area contributed by atoms with Crippen LogP contribution in [0.2, 0.25) is 0 Å². The molecule has 0 bridgehead atoms. The number of aromatic amines is 1. The van der Waals surface area contributed by atoms with Crippen molar-refractivity contribution < 1.29 is 14.7 Å². The molecule has 24 heavy (non-hydrogen) atoms. The average Bonchev–Trinajstić information content (AvgIpc) is 2.90. The molecule has 0 aliphatic carbocycles. The van der Waals surface area contributed by atoms with Gasteiger partial charge in [-0.3, -0.25) is 9.59 Å². The van der Waals surface area contributed by atoms with E-state index in [0.29, 0.717) is 24.4 Å². The first-order valence-electron chi connectivity index (χ1n) is 7.45. The Kier molecular flexibility index (Phi) is 4.82. The number of nitrogens with one attached hydrogen (secondary N) is 2. The number of aliphatic carboxylic acids is 1. The zero-order valence-electron chi connectivity index (χ0n) is 13.7. The summed E-state index contributed by atoms with van der Waals surface area (Å²) in [5.74, 6) is -1.27. The standard InChI is InChI=1S/C15H19N5O4/c1-4-7-15(3,14(23)24)17-13(22)10-8-16-20(9(10)2)11-5-6-12(21)19-18-11/h5-6,8H,4,7H2,1-3H3,(H,17,22)(H,19,21)(H,23,24). The van der Waals surface area contributed by atoms with Crippen molar-refractivity contribution in [3.63, 3.8) is 0 Å². The molecule has 0 saturated heterocycles. The molecule has 0 aliphatic heterocycles. The highest BCUT2D eigenvalue weighted by Crippen LogP contribution is 2.16. The van der Waals surface area contributed by atoms with Gasteiger partial charge in [0.1, 0.15) is 5.54 Å². The quantitative estimate of drug-likeness (QED) is 0.711. The largest absolute Gasteiger partial charge is 0.480 e. The molecular weight excluding hydrogens is 314 g/mol. The van der Waals surface area contributed by atoms with Crippen molar-refractivity contribution in [2.24, 2.45) is 0 Å². The summed E-state index contributed by atoms with van der Waals surface area (Å²) in [6.07, 6.45) is 2.26. The van der Waals surface area contributed by atoms with Gasteiger partial charge in [-0.2, -0.15) is 10.2 Å². The maximum atomic E-state index is 12.5. The maximum Gasteiger partial charge on any atom is 0.329 e. The summed E-state index contributed by atoms with van der Waals surface area (Å²) in [5, 5.41) is 22.1. The number of carboxylic acid groups (broad SMARTS) is 1. The van der Waals surface area contributed by atoms with Crippen LogP contribution in [0.15, 0.2) is 23.1 Å². The van der Waals surface area contributed by atoms with E-state index in [2.05, 4.69) is 20.6 Å². The van der Waals surface area contributed by atoms with Crippen molar-refractivity contribution in [2.45, 2.75) is 39.2 Å². The van der Waals surface area contributed by atoms with Crippen LogP contribution in [0.4, 0.5) is 0 Å². The van der Waals surface area contributed by atoms with Gasteiger partial charge in [-0.25, -0.2) is 14.6 Å². The second-order valence-electron chi connectivity index (χ2n) is 5.68. The van der Waals surface area contributed by atoms with Crippen LogP contribution in [0, 0.1) is 6.92 Å². The lowest BCUT2D eigenvalue weighted by Crippen LogP contribution is -2.52. The molecule has 1 unspecified atom stereocenters. The van der Waals surface area contributed by atoms with Gasteiger partial charge >= 0.3 is 5.97 Å². The summed E-state index contributed by atoms with van der Waals surface area (Å²) < 4.78 is 1.39. The lowest BCUT2D eigenvalue weighted by atomic mass is 9.96. The molecule has 0 radical (unpaired) electrons. The molecule has 0 aliphatic rings. The molecular formula is C15H19N5O4. The van der Waals surface area contributed by atoms with Gasteiger partial charge in [0.2, 0.25) is 0 Å². The van der Waals surface area contributed by atoms with Crippen molar-refractivity contribution in [1.82, 2.24) is 25.3 Å². The molecule has 2 rings (SSSR count). The summed E-state index contributed by atoms with van der Waals surface area (Å²) in [5.41, 5.74) is -0.974. The SMILES string of the molecule is CCCC(C)(NC(=O)c1cnn(-c2ccc(=O)[nH]n2)c1C)C(=O)O. The van der Waals surface area contributed by atoms with Crippen molar-refractivity contribution in [2.75, 3.05) is 0 Å². The van der Waals surface area contributed by atoms with Gasteiger partial charge in [0.25, 0.3) is 11.5 Å². The van der Waals surface area contributed by atoms with Gasteiger partial charge in [-0.15, -0.1) is 0 Å². The molecule has 2 heterocycles. The zero-order valence-corrected chi connectivity index (χ0v) is 13.7. The molecule has 0 saturated carbocycles. The number of hydrogen-bond donors (Lipinski definition) is 3. The third-order valence-electron chi connectivity index (χ3n) is 3.75. The van der Waals surface area contributed by atoms with E-state index in [9.17, 15) is 19.5 Å². The number of H-pyrrole nitrogens is 1. The minimum absolute atomic E-state index is 0.242. The van der Waals surface area contributed by atoms with Gasteiger partial charge in [-0.1, -0.05) is 13.3 Å². The molecule has 0 spiro atoms. The summed E-state index contributed by atoms with van der Waals surface area (Å²) in [7, 11) is 0. The molecule has 0 fully saturated rings. The number of carbonyl (C=O) groups is 2. The molecule has 0 aromatic carbocycles. The highest BCUT2D eigenvalue weighted by molar-refractivity contribution is 5.98. The van der Waals surface area contributed by atoms with Gasteiger partial charge in [-0.05, 0) is 26.3 Å². The molecule has 128 valence electrons. The predicted molar refractivity (Wildman–Crippen MR) is 85.1 cm³/mol. The van der Waals surface area contributed by atoms with Crippen LogP contribution >= 0.6 is 0 Å². The van der Waals surface area contributed by atoms with Crippen LogP contribution < -0.4 is 10.9 Å². The Balaban J connectivity index is 2.30. The summed E-state index contributed by atoms with van der Waals surface area (Å²) in [6.45, 7) is 4.98. The van der Waals surface area contributed by atoms with Crippen molar-refractivity contribution in [3.05, 3.63) is 39.9 Å². The smallest absolute Gasteiger partial charge is 0.329 e. The van der Waals surface area contributed by atoms with Crippen LogP contribution in [0.5, 0.6) is 0 Å². The Labute approximate surface area is 137 Å². The van der Waals surface area contributed by atoms with Crippen molar-refractivity contribution in [3.8, 4) is 5.82 Å². The maximum absolute atomic E-state index is 12.5. The third kappa shape index (κ3) is 3.34. The second-order valence-corrected chi connectivity index (χ2v) is 5.68. The van der Waals surface area contributed by atoms with E-state index >= 15 is 0 Å². The van der Waals surface area contributed by atoms with E-state index in [1.165, 1.54) is 29.9 Å². The first-order chi connectivity index (χ1) is 11.3. The first-order valence-corrected chi connectivity index (χ1v) is 7.45. The summed E-state index contributed by atoms with van der Waals surface area (Å²) >= 11 is 0.